The Morgan fingerprint density at radius 3 is 2.64 bits per heavy atom. The summed E-state index contributed by atoms with van der Waals surface area (Å²) in [6.07, 6.45) is 0.118. The average molecular weight is 380 g/mol. The molecule has 0 spiro atoms. The summed E-state index contributed by atoms with van der Waals surface area (Å²) in [5.41, 5.74) is 1.28. The molecule has 1 fully saturated rings. The van der Waals surface area contributed by atoms with E-state index in [0.29, 0.717) is 10.7 Å². The number of hydrogen-bond donors (Lipinski definition) is 1. The van der Waals surface area contributed by atoms with Crippen LogP contribution in [0.5, 0.6) is 0 Å². The molecule has 1 heterocycles. The zero-order chi connectivity index (χ0) is 15.7. The third-order valence-corrected chi connectivity index (χ3v) is 4.34. The van der Waals surface area contributed by atoms with Crippen molar-refractivity contribution in [2.75, 3.05) is 10.2 Å². The van der Waals surface area contributed by atoms with Gasteiger partial charge in [-0.25, -0.2) is 4.90 Å². The van der Waals surface area contributed by atoms with Gasteiger partial charge in [0.15, 0.2) is 0 Å². The molecule has 0 bridgehead atoms. The van der Waals surface area contributed by atoms with E-state index in [4.69, 9.17) is 11.6 Å². The van der Waals surface area contributed by atoms with E-state index in [1.54, 1.807) is 24.3 Å². The monoisotopic (exact) mass is 378 g/mol. The molecule has 4 nitrogen and oxygen atoms in total. The van der Waals surface area contributed by atoms with Crippen LogP contribution in [0.4, 0.5) is 11.4 Å². The van der Waals surface area contributed by atoms with Gasteiger partial charge in [0.1, 0.15) is 6.04 Å². The number of amides is 2. The van der Waals surface area contributed by atoms with Crippen molar-refractivity contribution in [2.24, 2.45) is 0 Å². The number of hydrogen-bond acceptors (Lipinski definition) is 3. The number of carbonyl (C=O) groups excluding carboxylic acids is 2. The predicted molar refractivity (Wildman–Crippen MR) is 90.1 cm³/mol. The zero-order valence-corrected chi connectivity index (χ0v) is 13.8. The van der Waals surface area contributed by atoms with Gasteiger partial charge in [0, 0.05) is 15.2 Å². The molecule has 1 atom stereocenters. The van der Waals surface area contributed by atoms with E-state index in [-0.39, 0.29) is 18.2 Å². The lowest BCUT2D eigenvalue weighted by molar-refractivity contribution is -0.121. The number of rotatable bonds is 3. The number of benzene rings is 2. The molecule has 0 aliphatic carbocycles. The van der Waals surface area contributed by atoms with Gasteiger partial charge in [0.05, 0.1) is 12.1 Å². The largest absolute Gasteiger partial charge is 0.372 e. The molecule has 1 N–H and O–H groups in total. The van der Waals surface area contributed by atoms with Crippen LogP contribution in [0.2, 0.25) is 5.02 Å². The molecule has 0 aromatic heterocycles. The second-order valence-electron chi connectivity index (χ2n) is 4.93. The topological polar surface area (TPSA) is 49.4 Å². The fraction of sp³-hybridized carbons (Fsp3) is 0.125. The van der Waals surface area contributed by atoms with Gasteiger partial charge in [0.25, 0.3) is 5.91 Å². The number of para-hydroxylation sites is 1. The van der Waals surface area contributed by atoms with Gasteiger partial charge in [-0.2, -0.15) is 0 Å². The first kappa shape index (κ1) is 15.1. The highest BCUT2D eigenvalue weighted by atomic mass is 79.9. The zero-order valence-electron chi connectivity index (χ0n) is 11.4. The first-order valence-electron chi connectivity index (χ1n) is 6.69. The van der Waals surface area contributed by atoms with Gasteiger partial charge in [-0.1, -0.05) is 29.8 Å². The number of imide groups is 1. The minimum Gasteiger partial charge on any atom is -0.372 e. The van der Waals surface area contributed by atoms with E-state index < -0.39 is 6.04 Å². The maximum Gasteiger partial charge on any atom is 0.256 e. The van der Waals surface area contributed by atoms with Crippen molar-refractivity contribution in [3.05, 3.63) is 58.0 Å². The molecule has 2 amide bonds. The van der Waals surface area contributed by atoms with Crippen molar-refractivity contribution >= 4 is 50.7 Å². The lowest BCUT2D eigenvalue weighted by Crippen LogP contribution is -2.34. The van der Waals surface area contributed by atoms with E-state index in [0.717, 1.165) is 10.2 Å². The predicted octanol–water partition coefficient (Wildman–Crippen LogP) is 3.85. The molecule has 3 rings (SSSR count). The molecule has 1 aliphatic rings. The quantitative estimate of drug-likeness (QED) is 0.824. The van der Waals surface area contributed by atoms with Gasteiger partial charge >= 0.3 is 0 Å². The summed E-state index contributed by atoms with van der Waals surface area (Å²) in [5.74, 6) is -0.514. The molecule has 0 saturated carbocycles. The Morgan fingerprint density at radius 1 is 1.14 bits per heavy atom. The van der Waals surface area contributed by atoms with E-state index in [1.807, 2.05) is 24.3 Å². The van der Waals surface area contributed by atoms with Gasteiger partial charge in [-0.3, -0.25) is 9.59 Å². The number of nitrogens with one attached hydrogen (secondary N) is 1. The van der Waals surface area contributed by atoms with Gasteiger partial charge < -0.3 is 5.32 Å². The maximum absolute atomic E-state index is 12.5. The van der Waals surface area contributed by atoms with Crippen molar-refractivity contribution in [1.29, 1.82) is 0 Å². The molecule has 0 radical (unpaired) electrons. The fourth-order valence-electron chi connectivity index (χ4n) is 2.40. The number of nitrogens with zero attached hydrogens (tertiary/aromatic N) is 1. The molecule has 6 heteroatoms. The Kier molecular flexibility index (Phi) is 4.18. The number of anilines is 2. The highest BCUT2D eigenvalue weighted by Crippen LogP contribution is 2.29. The number of halogens is 2. The minimum atomic E-state index is -0.579. The molecular weight excluding hydrogens is 368 g/mol. The molecule has 1 aliphatic heterocycles. The van der Waals surface area contributed by atoms with Crippen LogP contribution in [-0.4, -0.2) is 17.9 Å². The Hall–Kier alpha value is -1.85. The van der Waals surface area contributed by atoms with E-state index in [1.165, 1.54) is 4.90 Å². The summed E-state index contributed by atoms with van der Waals surface area (Å²) in [4.78, 5) is 25.9. The second-order valence-corrected chi connectivity index (χ2v) is 6.22. The molecule has 1 saturated heterocycles. The highest BCUT2D eigenvalue weighted by molar-refractivity contribution is 9.10. The molecule has 112 valence electrons. The Bertz CT molecular complexity index is 750. The summed E-state index contributed by atoms with van der Waals surface area (Å²) in [6, 6.07) is 13.6. The Morgan fingerprint density at radius 2 is 1.91 bits per heavy atom. The smallest absolute Gasteiger partial charge is 0.256 e. The summed E-state index contributed by atoms with van der Waals surface area (Å²) >= 11 is 9.35. The standard InChI is InChI=1S/C16H12BrClN2O2/c17-12-6-1-2-7-13(12)19-14-9-15(21)20(16(14)22)11-5-3-4-10(18)8-11/h1-8,14,19H,9H2/t14-/m1/s1. The second kappa shape index (κ2) is 6.10. The van der Waals surface area contributed by atoms with Crippen LogP contribution in [0.15, 0.2) is 53.0 Å². The van der Waals surface area contributed by atoms with Gasteiger partial charge in [-0.05, 0) is 46.3 Å². The van der Waals surface area contributed by atoms with E-state index in [2.05, 4.69) is 21.2 Å². The third-order valence-electron chi connectivity index (χ3n) is 3.42. The molecule has 0 unspecified atom stereocenters. The van der Waals surface area contributed by atoms with E-state index >= 15 is 0 Å². The van der Waals surface area contributed by atoms with Crippen molar-refractivity contribution in [2.45, 2.75) is 12.5 Å². The molecule has 2 aromatic rings. The first-order chi connectivity index (χ1) is 10.6. The SMILES string of the molecule is O=C1C[C@@H](Nc2ccccc2Br)C(=O)N1c1cccc(Cl)c1. The van der Waals surface area contributed by atoms with Crippen molar-refractivity contribution in [3.63, 3.8) is 0 Å². The summed E-state index contributed by atoms with van der Waals surface area (Å²) in [7, 11) is 0. The van der Waals surface area contributed by atoms with Crippen LogP contribution in [0.25, 0.3) is 0 Å². The summed E-state index contributed by atoms with van der Waals surface area (Å²) in [5, 5.41) is 3.60. The Labute approximate surface area is 141 Å². The number of carbonyl (C=O) groups is 2. The van der Waals surface area contributed by atoms with Crippen molar-refractivity contribution < 1.29 is 9.59 Å². The third kappa shape index (κ3) is 2.87. The molecule has 2 aromatic carbocycles. The van der Waals surface area contributed by atoms with Crippen LogP contribution in [0.3, 0.4) is 0 Å². The lowest BCUT2D eigenvalue weighted by Gasteiger charge is -2.16. The normalized spacial score (nSPS) is 17.9. The fourth-order valence-corrected chi connectivity index (χ4v) is 2.98. The minimum absolute atomic E-state index is 0.118. The van der Waals surface area contributed by atoms with Crippen LogP contribution in [0, 0.1) is 0 Å². The van der Waals surface area contributed by atoms with Crippen LogP contribution in [-0.2, 0) is 9.59 Å². The first-order valence-corrected chi connectivity index (χ1v) is 7.87. The van der Waals surface area contributed by atoms with Crippen LogP contribution in [0.1, 0.15) is 6.42 Å². The lowest BCUT2D eigenvalue weighted by atomic mass is 10.2. The van der Waals surface area contributed by atoms with Gasteiger partial charge in [0.2, 0.25) is 5.91 Å². The summed E-state index contributed by atoms with van der Waals surface area (Å²) < 4.78 is 0.844. The van der Waals surface area contributed by atoms with Crippen LogP contribution < -0.4 is 10.2 Å². The van der Waals surface area contributed by atoms with Crippen molar-refractivity contribution in [3.8, 4) is 0 Å². The van der Waals surface area contributed by atoms with Gasteiger partial charge in [-0.15, -0.1) is 0 Å². The summed E-state index contributed by atoms with van der Waals surface area (Å²) in [6.45, 7) is 0. The molecule has 22 heavy (non-hydrogen) atoms. The highest BCUT2D eigenvalue weighted by Gasteiger charge is 2.39. The van der Waals surface area contributed by atoms with Crippen LogP contribution >= 0.6 is 27.5 Å². The molecular formula is C16H12BrClN2O2. The maximum atomic E-state index is 12.5. The van der Waals surface area contributed by atoms with Crippen molar-refractivity contribution in [1.82, 2.24) is 0 Å². The van der Waals surface area contributed by atoms with E-state index in [9.17, 15) is 9.59 Å². The average Bonchev–Trinajstić information content (AvgIpc) is 2.76. The Balaban J connectivity index is 1.84.